The number of nitrogens with one attached hydrogen (secondary N) is 1. The molecule has 0 saturated carbocycles. The van der Waals surface area contributed by atoms with Crippen molar-refractivity contribution in [1.82, 2.24) is 5.32 Å². The second-order valence-corrected chi connectivity index (χ2v) is 7.60. The zero-order chi connectivity index (χ0) is 21.0. The Hall–Kier alpha value is -2.93. The summed E-state index contributed by atoms with van der Waals surface area (Å²) in [7, 11) is 3.18. The molecular weight excluding hydrogens is 386 g/mol. The van der Waals surface area contributed by atoms with Crippen LogP contribution in [0.4, 0.5) is 0 Å². The molecular formula is C23H27NO6. The minimum Gasteiger partial charge on any atom is -0.493 e. The molecule has 1 N–H and O–H groups in total. The van der Waals surface area contributed by atoms with Crippen LogP contribution in [0.2, 0.25) is 0 Å². The van der Waals surface area contributed by atoms with E-state index in [1.165, 1.54) is 0 Å². The quantitative estimate of drug-likeness (QED) is 0.752. The normalized spacial score (nSPS) is 16.7. The maximum absolute atomic E-state index is 12.7. The average Bonchev–Trinajstić information content (AvgIpc) is 3.26. The smallest absolute Gasteiger partial charge is 0.231 e. The van der Waals surface area contributed by atoms with Crippen LogP contribution in [0.15, 0.2) is 36.4 Å². The Bertz CT molecular complexity index is 907. The molecule has 2 aromatic rings. The first-order chi connectivity index (χ1) is 14.6. The standard InChI is InChI=1S/C23H27NO6/c1-26-18-5-3-16(11-20(18)27-2)12-22(25)24-14-23(7-9-28-10-8-23)17-4-6-19-21(13-17)30-15-29-19/h3-6,11,13H,7-10,12,14-15H2,1-2H3,(H,24,25). The van der Waals surface area contributed by atoms with Crippen molar-refractivity contribution in [2.24, 2.45) is 0 Å². The van der Waals surface area contributed by atoms with E-state index in [2.05, 4.69) is 11.4 Å². The van der Waals surface area contributed by atoms with Crippen LogP contribution in [0.25, 0.3) is 0 Å². The third-order valence-electron chi connectivity index (χ3n) is 5.87. The summed E-state index contributed by atoms with van der Waals surface area (Å²) in [4.78, 5) is 12.7. The van der Waals surface area contributed by atoms with Crippen molar-refractivity contribution >= 4 is 5.91 Å². The molecule has 1 fully saturated rings. The van der Waals surface area contributed by atoms with Gasteiger partial charge in [0.05, 0.1) is 20.6 Å². The first-order valence-corrected chi connectivity index (χ1v) is 10.1. The van der Waals surface area contributed by atoms with Crippen LogP contribution >= 0.6 is 0 Å². The first kappa shape index (κ1) is 20.3. The molecule has 1 saturated heterocycles. The number of hydrogen-bond donors (Lipinski definition) is 1. The van der Waals surface area contributed by atoms with Gasteiger partial charge in [-0.15, -0.1) is 0 Å². The van der Waals surface area contributed by atoms with Crippen LogP contribution in [-0.4, -0.2) is 46.7 Å². The molecule has 0 aliphatic carbocycles. The highest BCUT2D eigenvalue weighted by atomic mass is 16.7. The fourth-order valence-corrected chi connectivity index (χ4v) is 4.06. The van der Waals surface area contributed by atoms with Crippen molar-refractivity contribution in [3.63, 3.8) is 0 Å². The summed E-state index contributed by atoms with van der Waals surface area (Å²) < 4.78 is 27.2. The Labute approximate surface area is 176 Å². The van der Waals surface area contributed by atoms with E-state index in [1.807, 2.05) is 30.3 Å². The van der Waals surface area contributed by atoms with E-state index >= 15 is 0 Å². The highest BCUT2D eigenvalue weighted by molar-refractivity contribution is 5.79. The monoisotopic (exact) mass is 413 g/mol. The summed E-state index contributed by atoms with van der Waals surface area (Å²) in [6.45, 7) is 2.12. The van der Waals surface area contributed by atoms with E-state index in [0.29, 0.717) is 31.3 Å². The molecule has 0 aromatic heterocycles. The van der Waals surface area contributed by atoms with Gasteiger partial charge in [0.1, 0.15) is 0 Å². The maximum Gasteiger partial charge on any atom is 0.231 e. The number of carbonyl (C=O) groups is 1. The summed E-state index contributed by atoms with van der Waals surface area (Å²) in [5.74, 6) is 2.75. The van der Waals surface area contributed by atoms with E-state index in [4.69, 9.17) is 23.7 Å². The summed E-state index contributed by atoms with van der Waals surface area (Å²) in [6, 6.07) is 11.6. The summed E-state index contributed by atoms with van der Waals surface area (Å²) >= 11 is 0. The van der Waals surface area contributed by atoms with E-state index in [1.54, 1.807) is 14.2 Å². The number of carbonyl (C=O) groups excluding carboxylic acids is 1. The first-order valence-electron chi connectivity index (χ1n) is 10.1. The molecule has 4 rings (SSSR count). The Kier molecular flexibility index (Phi) is 5.99. The predicted octanol–water partition coefficient (Wildman–Crippen LogP) is 2.84. The Balaban J connectivity index is 1.46. The van der Waals surface area contributed by atoms with Gasteiger partial charge in [-0.2, -0.15) is 0 Å². The highest BCUT2D eigenvalue weighted by Gasteiger charge is 2.36. The molecule has 7 nitrogen and oxygen atoms in total. The molecule has 0 radical (unpaired) electrons. The van der Waals surface area contributed by atoms with Gasteiger partial charge >= 0.3 is 0 Å². The van der Waals surface area contributed by atoms with Crippen LogP contribution in [0.1, 0.15) is 24.0 Å². The fraction of sp³-hybridized carbons (Fsp3) is 0.435. The van der Waals surface area contributed by atoms with E-state index in [-0.39, 0.29) is 24.5 Å². The number of benzene rings is 2. The van der Waals surface area contributed by atoms with Crippen LogP contribution < -0.4 is 24.3 Å². The lowest BCUT2D eigenvalue weighted by molar-refractivity contribution is -0.120. The van der Waals surface area contributed by atoms with Gasteiger partial charge < -0.3 is 29.0 Å². The van der Waals surface area contributed by atoms with Crippen molar-refractivity contribution in [3.05, 3.63) is 47.5 Å². The average molecular weight is 413 g/mol. The third kappa shape index (κ3) is 4.16. The molecule has 0 unspecified atom stereocenters. The topological polar surface area (TPSA) is 75.3 Å². The lowest BCUT2D eigenvalue weighted by Gasteiger charge is -2.38. The second kappa shape index (κ2) is 8.83. The van der Waals surface area contributed by atoms with Gasteiger partial charge in [-0.05, 0) is 48.2 Å². The number of hydrogen-bond acceptors (Lipinski definition) is 6. The van der Waals surface area contributed by atoms with Crippen molar-refractivity contribution in [2.75, 3.05) is 40.8 Å². The Morgan fingerprint density at radius 3 is 2.53 bits per heavy atom. The van der Waals surface area contributed by atoms with Crippen molar-refractivity contribution in [3.8, 4) is 23.0 Å². The van der Waals surface area contributed by atoms with E-state index in [9.17, 15) is 4.79 Å². The molecule has 1 amide bonds. The van der Waals surface area contributed by atoms with Gasteiger partial charge in [-0.1, -0.05) is 12.1 Å². The van der Waals surface area contributed by atoms with Crippen molar-refractivity contribution in [1.29, 1.82) is 0 Å². The van der Waals surface area contributed by atoms with Gasteiger partial charge in [-0.25, -0.2) is 0 Å². The molecule has 30 heavy (non-hydrogen) atoms. The van der Waals surface area contributed by atoms with Gasteiger partial charge in [0.15, 0.2) is 23.0 Å². The minimum absolute atomic E-state index is 0.0335. The molecule has 2 aromatic carbocycles. The van der Waals surface area contributed by atoms with Gasteiger partial charge in [-0.3, -0.25) is 4.79 Å². The van der Waals surface area contributed by atoms with E-state index < -0.39 is 0 Å². The third-order valence-corrected chi connectivity index (χ3v) is 5.87. The molecule has 2 aliphatic rings. The van der Waals surface area contributed by atoms with Crippen LogP contribution in [0.3, 0.4) is 0 Å². The van der Waals surface area contributed by atoms with Crippen molar-refractivity contribution < 1.29 is 28.5 Å². The maximum atomic E-state index is 12.7. The summed E-state index contributed by atoms with van der Waals surface area (Å²) in [5.41, 5.74) is 1.82. The lowest BCUT2D eigenvalue weighted by Crippen LogP contribution is -2.45. The number of amides is 1. The summed E-state index contributed by atoms with van der Waals surface area (Å²) in [5, 5.41) is 3.14. The molecule has 2 heterocycles. The highest BCUT2D eigenvalue weighted by Crippen LogP contribution is 2.40. The lowest BCUT2D eigenvalue weighted by atomic mass is 9.74. The Morgan fingerprint density at radius 1 is 1.00 bits per heavy atom. The summed E-state index contributed by atoms with van der Waals surface area (Å²) in [6.07, 6.45) is 1.95. The SMILES string of the molecule is COc1ccc(CC(=O)NCC2(c3ccc4c(c3)OCO4)CCOCC2)cc1OC. The molecule has 7 heteroatoms. The molecule has 0 spiro atoms. The fourth-order valence-electron chi connectivity index (χ4n) is 4.06. The van der Waals surface area contributed by atoms with E-state index in [0.717, 1.165) is 35.5 Å². The molecule has 0 atom stereocenters. The van der Waals surface area contributed by atoms with Gasteiger partial charge in [0.25, 0.3) is 0 Å². The number of methoxy groups -OCH3 is 2. The second-order valence-electron chi connectivity index (χ2n) is 7.60. The van der Waals surface area contributed by atoms with Crippen LogP contribution in [0, 0.1) is 0 Å². The molecule has 160 valence electrons. The van der Waals surface area contributed by atoms with Gasteiger partial charge in [0, 0.05) is 25.2 Å². The zero-order valence-corrected chi connectivity index (χ0v) is 17.4. The number of fused-ring (bicyclic) bond motifs is 1. The van der Waals surface area contributed by atoms with Gasteiger partial charge in [0.2, 0.25) is 12.7 Å². The number of ether oxygens (including phenoxy) is 5. The van der Waals surface area contributed by atoms with Crippen LogP contribution in [0.5, 0.6) is 23.0 Å². The molecule has 2 aliphatic heterocycles. The zero-order valence-electron chi connectivity index (χ0n) is 17.4. The largest absolute Gasteiger partial charge is 0.493 e. The Morgan fingerprint density at radius 2 is 1.77 bits per heavy atom. The van der Waals surface area contributed by atoms with Crippen LogP contribution in [-0.2, 0) is 21.4 Å². The predicted molar refractivity (Wildman–Crippen MR) is 111 cm³/mol. The minimum atomic E-state index is -0.188. The van der Waals surface area contributed by atoms with Crippen molar-refractivity contribution in [2.45, 2.75) is 24.7 Å². The molecule has 0 bridgehead atoms. The number of rotatable bonds is 7.